The first kappa shape index (κ1) is 12.4. The first-order chi connectivity index (χ1) is 7.43. The van der Waals surface area contributed by atoms with Crippen LogP contribution in [0.1, 0.15) is 29.7 Å². The number of nitrogens with zero attached hydrogens (tertiary/aromatic N) is 1. The quantitative estimate of drug-likeness (QED) is 0.858. The van der Waals surface area contributed by atoms with Gasteiger partial charge in [-0.3, -0.25) is 4.79 Å². The van der Waals surface area contributed by atoms with Crippen molar-refractivity contribution in [1.82, 2.24) is 4.57 Å². The standard InChI is InChI=1S/C10H11F2NO3/c1-6(5-8(11)12)13-4-2-3-7(9(13)14)10(15)16/h2-4,6,8H,5H2,1H3,(H,15,16). The van der Waals surface area contributed by atoms with E-state index < -0.39 is 36.0 Å². The molecule has 0 saturated carbocycles. The number of carbonyl (C=O) groups is 1. The number of halogens is 2. The van der Waals surface area contributed by atoms with Crippen LogP contribution >= 0.6 is 0 Å². The molecule has 16 heavy (non-hydrogen) atoms. The van der Waals surface area contributed by atoms with Crippen LogP contribution in [0.2, 0.25) is 0 Å². The second-order valence-corrected chi connectivity index (χ2v) is 3.42. The average molecular weight is 231 g/mol. The molecule has 1 heterocycles. The van der Waals surface area contributed by atoms with Crippen molar-refractivity contribution in [2.45, 2.75) is 25.8 Å². The monoisotopic (exact) mass is 231 g/mol. The van der Waals surface area contributed by atoms with Crippen molar-refractivity contribution in [3.8, 4) is 0 Å². The van der Waals surface area contributed by atoms with Gasteiger partial charge in [0.1, 0.15) is 5.56 Å². The Morgan fingerprint density at radius 2 is 2.19 bits per heavy atom. The van der Waals surface area contributed by atoms with Crippen LogP contribution in [-0.4, -0.2) is 22.1 Å². The van der Waals surface area contributed by atoms with Crippen LogP contribution in [0.5, 0.6) is 0 Å². The molecule has 88 valence electrons. The Hall–Kier alpha value is -1.72. The molecule has 0 aliphatic rings. The van der Waals surface area contributed by atoms with Crippen LogP contribution in [-0.2, 0) is 0 Å². The lowest BCUT2D eigenvalue weighted by molar-refractivity contribution is 0.0694. The van der Waals surface area contributed by atoms with E-state index in [2.05, 4.69) is 0 Å². The molecule has 4 nitrogen and oxygen atoms in total. The Morgan fingerprint density at radius 3 is 2.69 bits per heavy atom. The summed E-state index contributed by atoms with van der Waals surface area (Å²) < 4.78 is 25.3. The molecule has 1 N–H and O–H groups in total. The van der Waals surface area contributed by atoms with Gasteiger partial charge in [-0.25, -0.2) is 13.6 Å². The van der Waals surface area contributed by atoms with Gasteiger partial charge in [-0.15, -0.1) is 0 Å². The molecular formula is C10H11F2NO3. The molecule has 1 unspecified atom stereocenters. The Kier molecular flexibility index (Phi) is 3.76. The van der Waals surface area contributed by atoms with Gasteiger partial charge in [-0.2, -0.15) is 0 Å². The lowest BCUT2D eigenvalue weighted by Crippen LogP contribution is -2.28. The zero-order valence-electron chi connectivity index (χ0n) is 8.56. The van der Waals surface area contributed by atoms with Crippen molar-refractivity contribution in [3.05, 3.63) is 34.2 Å². The van der Waals surface area contributed by atoms with Crippen LogP contribution in [0.25, 0.3) is 0 Å². The van der Waals surface area contributed by atoms with Gasteiger partial charge in [-0.1, -0.05) is 0 Å². The number of hydrogen-bond acceptors (Lipinski definition) is 2. The third-order valence-corrected chi connectivity index (χ3v) is 2.20. The van der Waals surface area contributed by atoms with Crippen molar-refractivity contribution in [2.24, 2.45) is 0 Å². The number of alkyl halides is 2. The molecule has 0 radical (unpaired) electrons. The number of aromatic nitrogens is 1. The molecule has 0 aromatic carbocycles. The van der Waals surface area contributed by atoms with E-state index in [0.717, 1.165) is 10.6 Å². The lowest BCUT2D eigenvalue weighted by atomic mass is 10.2. The van der Waals surface area contributed by atoms with E-state index in [-0.39, 0.29) is 0 Å². The SMILES string of the molecule is CC(CC(F)F)n1cccc(C(=O)O)c1=O. The maximum atomic E-state index is 12.1. The van der Waals surface area contributed by atoms with Crippen molar-refractivity contribution < 1.29 is 18.7 Å². The predicted octanol–water partition coefficient (Wildman–Crippen LogP) is 1.76. The molecule has 0 saturated heterocycles. The molecule has 1 rings (SSSR count). The first-order valence-corrected chi connectivity index (χ1v) is 4.66. The Morgan fingerprint density at radius 1 is 1.56 bits per heavy atom. The van der Waals surface area contributed by atoms with Crippen LogP contribution in [0.3, 0.4) is 0 Å². The minimum absolute atomic E-state index is 0.413. The normalized spacial score (nSPS) is 12.8. The molecule has 1 atom stereocenters. The summed E-state index contributed by atoms with van der Waals surface area (Å²) in [7, 11) is 0. The maximum Gasteiger partial charge on any atom is 0.341 e. The van der Waals surface area contributed by atoms with Crippen molar-refractivity contribution >= 4 is 5.97 Å². The first-order valence-electron chi connectivity index (χ1n) is 4.66. The average Bonchev–Trinajstić information content (AvgIpc) is 2.16. The molecule has 1 aromatic rings. The Labute approximate surface area is 90.1 Å². The number of hydrogen-bond donors (Lipinski definition) is 1. The van der Waals surface area contributed by atoms with Gasteiger partial charge in [-0.05, 0) is 19.1 Å². The maximum absolute atomic E-state index is 12.1. The van der Waals surface area contributed by atoms with E-state index in [1.165, 1.54) is 19.2 Å². The van der Waals surface area contributed by atoms with E-state index in [0.29, 0.717) is 0 Å². The van der Waals surface area contributed by atoms with Crippen LogP contribution in [0, 0.1) is 0 Å². The number of aromatic carboxylic acids is 1. The van der Waals surface area contributed by atoms with E-state index in [1.807, 2.05) is 0 Å². The van der Waals surface area contributed by atoms with Gasteiger partial charge in [0.15, 0.2) is 0 Å². The summed E-state index contributed by atoms with van der Waals surface area (Å²) in [5.41, 5.74) is -1.17. The molecule has 0 aliphatic carbocycles. The number of carboxylic acid groups (broad SMARTS) is 1. The minimum Gasteiger partial charge on any atom is -0.477 e. The largest absolute Gasteiger partial charge is 0.477 e. The van der Waals surface area contributed by atoms with Crippen molar-refractivity contribution in [1.29, 1.82) is 0 Å². The zero-order valence-corrected chi connectivity index (χ0v) is 8.56. The van der Waals surface area contributed by atoms with Crippen LogP contribution < -0.4 is 5.56 Å². The summed E-state index contributed by atoms with van der Waals surface area (Å²) in [6.07, 6.45) is -1.71. The Balaban J connectivity index is 3.11. The molecule has 0 fully saturated rings. The molecule has 1 aromatic heterocycles. The number of rotatable bonds is 4. The van der Waals surface area contributed by atoms with Gasteiger partial charge >= 0.3 is 5.97 Å². The summed E-state index contributed by atoms with van der Waals surface area (Å²) in [4.78, 5) is 22.2. The third-order valence-electron chi connectivity index (χ3n) is 2.20. The van der Waals surface area contributed by atoms with Gasteiger partial charge in [0.2, 0.25) is 6.43 Å². The number of pyridine rings is 1. The molecular weight excluding hydrogens is 220 g/mol. The smallest absolute Gasteiger partial charge is 0.341 e. The van der Waals surface area contributed by atoms with E-state index in [4.69, 9.17) is 5.11 Å². The fourth-order valence-corrected chi connectivity index (χ4v) is 1.39. The Bertz CT molecular complexity index is 442. The van der Waals surface area contributed by atoms with Gasteiger partial charge in [0, 0.05) is 18.7 Å². The summed E-state index contributed by atoms with van der Waals surface area (Å²) in [5, 5.41) is 8.69. The predicted molar refractivity (Wildman–Crippen MR) is 53.0 cm³/mol. The molecule has 0 amide bonds. The third kappa shape index (κ3) is 2.65. The van der Waals surface area contributed by atoms with Gasteiger partial charge in [0.05, 0.1) is 0 Å². The van der Waals surface area contributed by atoms with Gasteiger partial charge in [0.25, 0.3) is 5.56 Å². The highest BCUT2D eigenvalue weighted by molar-refractivity contribution is 5.86. The van der Waals surface area contributed by atoms with Crippen molar-refractivity contribution in [2.75, 3.05) is 0 Å². The zero-order chi connectivity index (χ0) is 12.3. The topological polar surface area (TPSA) is 59.3 Å². The minimum atomic E-state index is -2.53. The molecule has 6 heteroatoms. The highest BCUT2D eigenvalue weighted by atomic mass is 19.3. The van der Waals surface area contributed by atoms with Crippen LogP contribution in [0.15, 0.2) is 23.1 Å². The molecule has 0 aliphatic heterocycles. The summed E-state index contributed by atoms with van der Waals surface area (Å²) >= 11 is 0. The van der Waals surface area contributed by atoms with Crippen molar-refractivity contribution in [3.63, 3.8) is 0 Å². The fourth-order valence-electron chi connectivity index (χ4n) is 1.39. The van der Waals surface area contributed by atoms with Crippen LogP contribution in [0.4, 0.5) is 8.78 Å². The summed E-state index contributed by atoms with van der Waals surface area (Å²) in [6.45, 7) is 1.44. The summed E-state index contributed by atoms with van der Waals surface area (Å²) in [5.74, 6) is -1.36. The van der Waals surface area contributed by atoms with E-state index in [1.54, 1.807) is 0 Å². The van der Waals surface area contributed by atoms with E-state index in [9.17, 15) is 18.4 Å². The highest BCUT2D eigenvalue weighted by Gasteiger charge is 2.16. The van der Waals surface area contributed by atoms with E-state index >= 15 is 0 Å². The lowest BCUT2D eigenvalue weighted by Gasteiger charge is -2.14. The fraction of sp³-hybridized carbons (Fsp3) is 0.400. The second-order valence-electron chi connectivity index (χ2n) is 3.42. The van der Waals surface area contributed by atoms with Gasteiger partial charge < -0.3 is 9.67 Å². The highest BCUT2D eigenvalue weighted by Crippen LogP contribution is 2.14. The molecule has 0 bridgehead atoms. The summed E-state index contributed by atoms with van der Waals surface area (Å²) in [6, 6.07) is 1.77. The number of carboxylic acids is 1. The molecule has 0 spiro atoms. The second kappa shape index (κ2) is 4.87.